The van der Waals surface area contributed by atoms with Gasteiger partial charge in [-0.1, -0.05) is 32.0 Å². The van der Waals surface area contributed by atoms with Crippen LogP contribution >= 0.6 is 0 Å². The van der Waals surface area contributed by atoms with E-state index in [1.807, 2.05) is 39.0 Å². The summed E-state index contributed by atoms with van der Waals surface area (Å²) < 4.78 is 5.15. The highest BCUT2D eigenvalue weighted by Crippen LogP contribution is 2.16. The number of piperazine rings is 1. The summed E-state index contributed by atoms with van der Waals surface area (Å²) in [5.41, 5.74) is 2.05. The largest absolute Gasteiger partial charge is 0.497 e. The zero-order valence-electron chi connectivity index (χ0n) is 19.8. The molecular weight excluding hydrogens is 418 g/mol. The molecule has 3 amide bonds. The highest BCUT2D eigenvalue weighted by atomic mass is 16.5. The van der Waals surface area contributed by atoms with Crippen molar-refractivity contribution in [2.45, 2.75) is 33.2 Å². The van der Waals surface area contributed by atoms with Gasteiger partial charge in [-0.05, 0) is 55.2 Å². The molecule has 1 saturated heterocycles. The molecule has 0 radical (unpaired) electrons. The SMILES string of the molecule is COc1ccc(C(=O)N2CCN(C(=O)C(CC(C)C)NC(=O)c3ccccc3C)CC2)cc1. The van der Waals surface area contributed by atoms with Gasteiger partial charge in [0, 0.05) is 37.3 Å². The normalized spacial score (nSPS) is 14.7. The molecule has 1 heterocycles. The van der Waals surface area contributed by atoms with Crippen LogP contribution in [-0.2, 0) is 4.79 Å². The number of carbonyl (C=O) groups is 3. The smallest absolute Gasteiger partial charge is 0.253 e. The Morgan fingerprint density at radius 1 is 0.939 bits per heavy atom. The summed E-state index contributed by atoms with van der Waals surface area (Å²) >= 11 is 0. The fourth-order valence-electron chi connectivity index (χ4n) is 4.02. The van der Waals surface area contributed by atoms with E-state index in [0.717, 1.165) is 5.56 Å². The lowest BCUT2D eigenvalue weighted by Gasteiger charge is -2.37. The van der Waals surface area contributed by atoms with Crippen LogP contribution in [-0.4, -0.2) is 66.9 Å². The van der Waals surface area contributed by atoms with Crippen LogP contribution in [0.2, 0.25) is 0 Å². The Balaban J connectivity index is 1.62. The van der Waals surface area contributed by atoms with Gasteiger partial charge >= 0.3 is 0 Å². The predicted molar refractivity (Wildman–Crippen MR) is 127 cm³/mol. The van der Waals surface area contributed by atoms with E-state index >= 15 is 0 Å². The lowest BCUT2D eigenvalue weighted by atomic mass is 10.0. The molecule has 0 spiro atoms. The predicted octanol–water partition coefficient (Wildman–Crippen LogP) is 3.13. The number of benzene rings is 2. The maximum Gasteiger partial charge on any atom is 0.253 e. The van der Waals surface area contributed by atoms with Gasteiger partial charge in [0.15, 0.2) is 0 Å². The highest BCUT2D eigenvalue weighted by Gasteiger charge is 2.31. The average Bonchev–Trinajstić information content (AvgIpc) is 2.83. The monoisotopic (exact) mass is 451 g/mol. The van der Waals surface area contributed by atoms with Crippen molar-refractivity contribution in [2.75, 3.05) is 33.3 Å². The Hall–Kier alpha value is -3.35. The van der Waals surface area contributed by atoms with Gasteiger partial charge in [0.2, 0.25) is 5.91 Å². The first kappa shape index (κ1) is 24.3. The molecule has 1 aliphatic heterocycles. The first-order chi connectivity index (χ1) is 15.8. The Morgan fingerprint density at radius 2 is 1.55 bits per heavy atom. The molecule has 7 heteroatoms. The third kappa shape index (κ3) is 6.12. The lowest BCUT2D eigenvalue weighted by molar-refractivity contribution is -0.135. The van der Waals surface area contributed by atoms with E-state index in [1.54, 1.807) is 47.2 Å². The summed E-state index contributed by atoms with van der Waals surface area (Å²) in [6.07, 6.45) is 0.557. The van der Waals surface area contributed by atoms with Crippen LogP contribution < -0.4 is 10.1 Å². The summed E-state index contributed by atoms with van der Waals surface area (Å²) in [5, 5.41) is 2.95. The number of rotatable bonds is 7. The minimum absolute atomic E-state index is 0.0589. The average molecular weight is 452 g/mol. The maximum absolute atomic E-state index is 13.3. The molecule has 33 heavy (non-hydrogen) atoms. The molecule has 0 bridgehead atoms. The fraction of sp³-hybridized carbons (Fsp3) is 0.423. The second kappa shape index (κ2) is 11.0. The van der Waals surface area contributed by atoms with Crippen LogP contribution in [0.4, 0.5) is 0 Å². The Labute approximate surface area is 195 Å². The van der Waals surface area contributed by atoms with E-state index in [4.69, 9.17) is 4.74 Å². The van der Waals surface area contributed by atoms with E-state index in [1.165, 1.54) is 0 Å². The molecule has 0 aliphatic carbocycles. The molecule has 7 nitrogen and oxygen atoms in total. The van der Waals surface area contributed by atoms with E-state index in [9.17, 15) is 14.4 Å². The topological polar surface area (TPSA) is 79.0 Å². The molecule has 1 N–H and O–H groups in total. The van der Waals surface area contributed by atoms with Gasteiger partial charge in [0.1, 0.15) is 11.8 Å². The first-order valence-electron chi connectivity index (χ1n) is 11.4. The molecule has 3 rings (SSSR count). The van der Waals surface area contributed by atoms with Crippen LogP contribution in [0, 0.1) is 12.8 Å². The van der Waals surface area contributed by atoms with E-state index in [-0.39, 0.29) is 23.6 Å². The molecular formula is C26H33N3O4. The minimum Gasteiger partial charge on any atom is -0.497 e. The van der Waals surface area contributed by atoms with Gasteiger partial charge in [-0.3, -0.25) is 14.4 Å². The van der Waals surface area contributed by atoms with Crippen molar-refractivity contribution in [1.82, 2.24) is 15.1 Å². The molecule has 176 valence electrons. The molecule has 0 aromatic heterocycles. The summed E-state index contributed by atoms with van der Waals surface area (Å²) in [7, 11) is 1.59. The Bertz CT molecular complexity index is 979. The highest BCUT2D eigenvalue weighted by molar-refractivity contribution is 5.98. The van der Waals surface area contributed by atoms with Gasteiger partial charge < -0.3 is 19.9 Å². The number of aryl methyl sites for hydroxylation is 1. The lowest BCUT2D eigenvalue weighted by Crippen LogP contribution is -2.56. The summed E-state index contributed by atoms with van der Waals surface area (Å²) in [5.74, 6) is 0.555. The van der Waals surface area contributed by atoms with Gasteiger partial charge in [0.05, 0.1) is 7.11 Å². The van der Waals surface area contributed by atoms with Crippen molar-refractivity contribution in [3.8, 4) is 5.75 Å². The van der Waals surface area contributed by atoms with E-state index in [0.29, 0.717) is 49.5 Å². The maximum atomic E-state index is 13.3. The van der Waals surface area contributed by atoms with Crippen molar-refractivity contribution in [2.24, 2.45) is 5.92 Å². The van der Waals surface area contributed by atoms with Crippen molar-refractivity contribution in [3.05, 3.63) is 65.2 Å². The Morgan fingerprint density at radius 3 is 2.12 bits per heavy atom. The van der Waals surface area contributed by atoms with Crippen LogP contribution in [0.1, 0.15) is 46.5 Å². The summed E-state index contributed by atoms with van der Waals surface area (Å²) in [6.45, 7) is 7.74. The van der Waals surface area contributed by atoms with Crippen LogP contribution in [0.5, 0.6) is 5.75 Å². The molecule has 2 aromatic carbocycles. The van der Waals surface area contributed by atoms with Gasteiger partial charge in [-0.2, -0.15) is 0 Å². The second-order valence-corrected chi connectivity index (χ2v) is 8.82. The summed E-state index contributed by atoms with van der Waals surface area (Å²) in [6, 6.07) is 13.8. The first-order valence-corrected chi connectivity index (χ1v) is 11.4. The van der Waals surface area contributed by atoms with E-state index in [2.05, 4.69) is 5.32 Å². The fourth-order valence-corrected chi connectivity index (χ4v) is 4.02. The van der Waals surface area contributed by atoms with Crippen LogP contribution in [0.15, 0.2) is 48.5 Å². The van der Waals surface area contributed by atoms with Crippen molar-refractivity contribution < 1.29 is 19.1 Å². The number of methoxy groups -OCH3 is 1. The minimum atomic E-state index is -0.596. The molecule has 2 aromatic rings. The zero-order chi connectivity index (χ0) is 24.0. The number of nitrogens with one attached hydrogen (secondary N) is 1. The van der Waals surface area contributed by atoms with Crippen LogP contribution in [0.25, 0.3) is 0 Å². The van der Waals surface area contributed by atoms with Gasteiger partial charge in [-0.15, -0.1) is 0 Å². The molecule has 1 unspecified atom stereocenters. The number of ether oxygens (including phenoxy) is 1. The zero-order valence-corrected chi connectivity index (χ0v) is 19.8. The van der Waals surface area contributed by atoms with Gasteiger partial charge in [-0.25, -0.2) is 0 Å². The quantitative estimate of drug-likeness (QED) is 0.702. The third-order valence-corrected chi connectivity index (χ3v) is 5.92. The van der Waals surface area contributed by atoms with Crippen LogP contribution in [0.3, 0.4) is 0 Å². The van der Waals surface area contributed by atoms with Crippen molar-refractivity contribution in [3.63, 3.8) is 0 Å². The van der Waals surface area contributed by atoms with Gasteiger partial charge in [0.25, 0.3) is 11.8 Å². The van der Waals surface area contributed by atoms with E-state index < -0.39 is 6.04 Å². The third-order valence-electron chi connectivity index (χ3n) is 5.92. The standard InChI is InChI=1S/C26H33N3O4/c1-18(2)17-23(27-24(30)22-8-6-5-7-19(22)3)26(32)29-15-13-28(14-16-29)25(31)20-9-11-21(33-4)12-10-20/h5-12,18,23H,13-17H2,1-4H3,(H,27,30). The molecule has 1 aliphatic rings. The van der Waals surface area contributed by atoms with Crippen molar-refractivity contribution >= 4 is 17.7 Å². The summed E-state index contributed by atoms with van der Waals surface area (Å²) in [4.78, 5) is 42.5. The number of nitrogens with zero attached hydrogens (tertiary/aromatic N) is 2. The number of amides is 3. The number of carbonyl (C=O) groups excluding carboxylic acids is 3. The van der Waals surface area contributed by atoms with Crippen molar-refractivity contribution in [1.29, 1.82) is 0 Å². The Kier molecular flexibility index (Phi) is 8.09. The number of hydrogen-bond acceptors (Lipinski definition) is 4. The second-order valence-electron chi connectivity index (χ2n) is 8.82. The molecule has 1 atom stereocenters. The molecule has 0 saturated carbocycles. The number of hydrogen-bond donors (Lipinski definition) is 1. The molecule has 1 fully saturated rings.